The first-order chi connectivity index (χ1) is 14.6. The highest BCUT2D eigenvalue weighted by molar-refractivity contribution is 7.32. The Kier molecular flexibility index (Phi) is 22.2. The highest BCUT2D eigenvalue weighted by atomic mass is 31.1. The Balaban J connectivity index is 3.79. The summed E-state index contributed by atoms with van der Waals surface area (Å²) >= 11 is 0. The second-order valence-corrected chi connectivity index (χ2v) is 10.1. The molecule has 0 aromatic rings. The third-order valence-corrected chi connectivity index (χ3v) is 7.02. The van der Waals surface area contributed by atoms with Gasteiger partial charge in [0.25, 0.3) is 0 Å². The Labute approximate surface area is 190 Å². The molecule has 0 spiro atoms. The lowest BCUT2D eigenvalue weighted by Gasteiger charge is -2.27. The Hall–Kier alpha value is 0.0200. The van der Waals surface area contributed by atoms with Gasteiger partial charge in [-0.3, -0.25) is 0 Å². The first-order valence-corrected chi connectivity index (χ1v) is 14.6. The van der Waals surface area contributed by atoms with E-state index in [0.29, 0.717) is 0 Å². The summed E-state index contributed by atoms with van der Waals surface area (Å²) in [6, 6.07) is 0. The second-order valence-electron chi connectivity index (χ2n) is 9.42. The van der Waals surface area contributed by atoms with Gasteiger partial charge in [-0.05, 0) is 19.3 Å². The van der Waals surface area contributed by atoms with Gasteiger partial charge in [0.15, 0.2) is 0 Å². The first kappa shape index (κ1) is 30.0. The first-order valence-electron chi connectivity index (χ1n) is 13.5. The largest absolute Gasteiger partial charge is 0.695 e. The Morgan fingerprint density at radius 1 is 0.533 bits per heavy atom. The lowest BCUT2D eigenvalue weighted by atomic mass is 9.86. The molecule has 0 saturated carbocycles. The van der Waals surface area contributed by atoms with Crippen molar-refractivity contribution in [1.29, 1.82) is 0 Å². The van der Waals surface area contributed by atoms with Gasteiger partial charge in [-0.25, -0.2) is 0 Å². The highest BCUT2D eigenvalue weighted by Gasteiger charge is 2.38. The van der Waals surface area contributed by atoms with Crippen LogP contribution in [0.4, 0.5) is 0 Å². The number of hydrogen-bond donors (Lipinski definition) is 1. The molecule has 0 saturated heterocycles. The molecule has 0 fully saturated rings. The van der Waals surface area contributed by atoms with E-state index in [1.807, 2.05) is 0 Å². The molecule has 0 heterocycles. The fourth-order valence-electron chi connectivity index (χ4n) is 4.49. The van der Waals surface area contributed by atoms with E-state index in [-0.39, 0.29) is 5.60 Å². The van der Waals surface area contributed by atoms with Crippen LogP contribution >= 0.6 is 8.25 Å². The minimum absolute atomic E-state index is 0.370. The van der Waals surface area contributed by atoms with Crippen LogP contribution in [0.25, 0.3) is 0 Å². The lowest BCUT2D eigenvalue weighted by molar-refractivity contribution is 0.0315. The van der Waals surface area contributed by atoms with Crippen LogP contribution in [0, 0.1) is 0 Å². The minimum atomic E-state index is -2.52. The van der Waals surface area contributed by atoms with Crippen LogP contribution in [0.3, 0.4) is 0 Å². The van der Waals surface area contributed by atoms with Crippen molar-refractivity contribution < 1.29 is 14.0 Å². The number of hydrogen-bond acceptors (Lipinski definition) is 2. The van der Waals surface area contributed by atoms with E-state index in [2.05, 4.69) is 20.8 Å². The van der Waals surface area contributed by atoms with Crippen molar-refractivity contribution in [3.8, 4) is 0 Å². The number of unbranched alkanes of at least 4 members (excludes halogenated alkanes) is 16. The molecule has 4 heteroatoms. The molecule has 0 aliphatic rings. The zero-order valence-electron chi connectivity index (χ0n) is 20.8. The molecule has 0 rings (SSSR count). The van der Waals surface area contributed by atoms with Crippen LogP contribution in [0.15, 0.2) is 0 Å². The van der Waals surface area contributed by atoms with E-state index in [9.17, 15) is 9.46 Å². The molecule has 0 bridgehead atoms. The van der Waals surface area contributed by atoms with E-state index in [1.165, 1.54) is 89.9 Å². The van der Waals surface area contributed by atoms with Crippen LogP contribution in [0.1, 0.15) is 162 Å². The minimum Gasteiger partial charge on any atom is -0.133 e. The third kappa shape index (κ3) is 18.8. The molecular formula is C26H54O3P+. The quantitative estimate of drug-likeness (QED) is 0.119. The lowest BCUT2D eigenvalue weighted by Crippen LogP contribution is -2.30. The molecule has 1 unspecified atom stereocenters. The van der Waals surface area contributed by atoms with Crippen molar-refractivity contribution >= 4 is 8.25 Å². The zero-order chi connectivity index (χ0) is 22.3. The van der Waals surface area contributed by atoms with Gasteiger partial charge in [-0.15, -0.1) is 9.42 Å². The summed E-state index contributed by atoms with van der Waals surface area (Å²) in [6.07, 6.45) is 27.6. The van der Waals surface area contributed by atoms with Crippen LogP contribution in [-0.4, -0.2) is 10.5 Å². The molecular weight excluding hydrogens is 391 g/mol. The normalized spacial score (nSPS) is 12.5. The summed E-state index contributed by atoms with van der Waals surface area (Å²) in [7, 11) is -2.52. The summed E-state index contributed by atoms with van der Waals surface area (Å²) in [5.74, 6) is 0. The molecule has 0 amide bonds. The topological polar surface area (TPSA) is 46.5 Å². The van der Waals surface area contributed by atoms with Gasteiger partial charge in [-0.2, -0.15) is 0 Å². The fourth-order valence-corrected chi connectivity index (χ4v) is 5.10. The maximum atomic E-state index is 11.4. The van der Waals surface area contributed by atoms with E-state index >= 15 is 0 Å². The molecule has 30 heavy (non-hydrogen) atoms. The van der Waals surface area contributed by atoms with Crippen molar-refractivity contribution in [3.63, 3.8) is 0 Å². The van der Waals surface area contributed by atoms with Gasteiger partial charge in [0.2, 0.25) is 0 Å². The summed E-state index contributed by atoms with van der Waals surface area (Å²) in [5.41, 5.74) is -0.370. The number of rotatable bonds is 24. The highest BCUT2D eigenvalue weighted by Crippen LogP contribution is 2.38. The van der Waals surface area contributed by atoms with Crippen molar-refractivity contribution in [3.05, 3.63) is 0 Å². The predicted molar refractivity (Wildman–Crippen MR) is 132 cm³/mol. The molecule has 0 aromatic heterocycles. The summed E-state index contributed by atoms with van der Waals surface area (Å²) in [5, 5.41) is 0. The molecule has 1 atom stereocenters. The monoisotopic (exact) mass is 445 g/mol. The average Bonchev–Trinajstić information content (AvgIpc) is 2.73. The molecule has 3 nitrogen and oxygen atoms in total. The van der Waals surface area contributed by atoms with Gasteiger partial charge in [0, 0.05) is 4.57 Å². The maximum Gasteiger partial charge on any atom is 0.695 e. The van der Waals surface area contributed by atoms with Crippen molar-refractivity contribution in [2.45, 2.75) is 168 Å². The van der Waals surface area contributed by atoms with Crippen LogP contribution in [-0.2, 0) is 9.09 Å². The summed E-state index contributed by atoms with van der Waals surface area (Å²) in [4.78, 5) is 9.40. The standard InChI is InChI=1S/C26H53O3P/c1-4-7-10-11-12-13-14-15-16-17-18-19-20-21-22-25-26(23-8-5-2,24-9-6-3)29-30(27)28/h4-25H2,1-3H3/p+1. The van der Waals surface area contributed by atoms with Gasteiger partial charge >= 0.3 is 8.25 Å². The Morgan fingerprint density at radius 2 is 0.833 bits per heavy atom. The van der Waals surface area contributed by atoms with Crippen molar-refractivity contribution in [2.75, 3.05) is 0 Å². The second kappa shape index (κ2) is 22.2. The molecule has 0 aliphatic heterocycles. The average molecular weight is 446 g/mol. The Morgan fingerprint density at radius 3 is 1.17 bits per heavy atom. The maximum absolute atomic E-state index is 11.4. The molecule has 0 aromatic carbocycles. The summed E-state index contributed by atoms with van der Waals surface area (Å²) in [6.45, 7) is 6.64. The van der Waals surface area contributed by atoms with E-state index in [0.717, 1.165) is 51.4 Å². The van der Waals surface area contributed by atoms with E-state index < -0.39 is 8.25 Å². The Bertz CT molecular complexity index is 365. The van der Waals surface area contributed by atoms with Gasteiger partial charge in [-0.1, -0.05) is 143 Å². The molecule has 0 aliphatic carbocycles. The van der Waals surface area contributed by atoms with Crippen molar-refractivity contribution in [1.82, 2.24) is 0 Å². The third-order valence-electron chi connectivity index (χ3n) is 6.48. The van der Waals surface area contributed by atoms with Crippen LogP contribution in [0.2, 0.25) is 0 Å². The SMILES string of the molecule is CCCCCCCCCCCCCCCCCC(CCCC)(CCCC)O[P+](=O)O. The van der Waals surface area contributed by atoms with Crippen LogP contribution < -0.4 is 0 Å². The zero-order valence-corrected chi connectivity index (χ0v) is 21.7. The molecule has 180 valence electrons. The van der Waals surface area contributed by atoms with Gasteiger partial charge in [0.1, 0.15) is 5.60 Å². The molecule has 1 N–H and O–H groups in total. The predicted octanol–water partition coefficient (Wildman–Crippen LogP) is 10.0. The smallest absolute Gasteiger partial charge is 0.133 e. The summed E-state index contributed by atoms with van der Waals surface area (Å²) < 4.78 is 17.1. The molecule has 0 radical (unpaired) electrons. The van der Waals surface area contributed by atoms with Crippen molar-refractivity contribution in [2.24, 2.45) is 0 Å². The van der Waals surface area contributed by atoms with Gasteiger partial charge < -0.3 is 0 Å². The van der Waals surface area contributed by atoms with E-state index in [4.69, 9.17) is 4.52 Å². The van der Waals surface area contributed by atoms with E-state index in [1.54, 1.807) is 0 Å². The van der Waals surface area contributed by atoms with Gasteiger partial charge in [0.05, 0.1) is 0 Å². The van der Waals surface area contributed by atoms with Crippen LogP contribution in [0.5, 0.6) is 0 Å². The fraction of sp³-hybridized carbons (Fsp3) is 1.00.